The molecular formula is C6H10O6S2. The van der Waals surface area contributed by atoms with Crippen molar-refractivity contribution in [3.8, 4) is 0 Å². The number of rotatable bonds is 5. The van der Waals surface area contributed by atoms with Gasteiger partial charge in [-0.05, 0) is 12.2 Å². The highest BCUT2D eigenvalue weighted by Crippen LogP contribution is 1.95. The lowest BCUT2D eigenvalue weighted by atomic mass is 10.6. The molecule has 0 fully saturated rings. The van der Waals surface area contributed by atoms with E-state index in [2.05, 4.69) is 8.37 Å². The highest BCUT2D eigenvalue weighted by atomic mass is 32.2. The van der Waals surface area contributed by atoms with Gasteiger partial charge in [-0.2, -0.15) is 16.8 Å². The molecule has 6 nitrogen and oxygen atoms in total. The van der Waals surface area contributed by atoms with Gasteiger partial charge < -0.3 is 0 Å². The van der Waals surface area contributed by atoms with E-state index in [4.69, 9.17) is 0 Å². The van der Waals surface area contributed by atoms with Crippen LogP contribution in [0, 0.1) is 0 Å². The van der Waals surface area contributed by atoms with Crippen LogP contribution in [0.2, 0.25) is 0 Å². The van der Waals surface area contributed by atoms with Gasteiger partial charge in [-0.15, -0.1) is 0 Å². The largest absolute Gasteiger partial charge is 0.289 e. The van der Waals surface area contributed by atoms with Gasteiger partial charge in [0.25, 0.3) is 20.2 Å². The van der Waals surface area contributed by atoms with Crippen LogP contribution in [0.5, 0.6) is 0 Å². The molecule has 0 aromatic heterocycles. The number of hydrogen-bond donors (Lipinski definition) is 0. The fourth-order valence-corrected chi connectivity index (χ4v) is 1.18. The van der Waals surface area contributed by atoms with E-state index >= 15 is 0 Å². The zero-order valence-corrected chi connectivity index (χ0v) is 9.21. The number of allylic oxidation sites excluding steroid dienone is 2. The molecule has 0 saturated heterocycles. The Bertz CT molecular complexity index is 371. The van der Waals surface area contributed by atoms with Gasteiger partial charge >= 0.3 is 0 Å². The number of hydrogen-bond acceptors (Lipinski definition) is 6. The maximum absolute atomic E-state index is 10.7. The topological polar surface area (TPSA) is 86.7 Å². The molecule has 0 heterocycles. The van der Waals surface area contributed by atoms with Gasteiger partial charge in [0.1, 0.15) is 0 Å². The minimum atomic E-state index is -3.71. The first kappa shape index (κ1) is 13.3. The van der Waals surface area contributed by atoms with Gasteiger partial charge in [-0.1, -0.05) is 0 Å². The van der Waals surface area contributed by atoms with E-state index in [9.17, 15) is 16.8 Å². The average molecular weight is 242 g/mol. The predicted octanol–water partition coefficient (Wildman–Crippen LogP) is -0.0338. The Morgan fingerprint density at radius 1 is 0.786 bits per heavy atom. The van der Waals surface area contributed by atoms with Crippen molar-refractivity contribution in [1.29, 1.82) is 0 Å². The molecule has 14 heavy (non-hydrogen) atoms. The fourth-order valence-electron chi connectivity index (χ4n) is 0.394. The van der Waals surface area contributed by atoms with Crippen LogP contribution >= 0.6 is 0 Å². The molecule has 0 radical (unpaired) electrons. The summed E-state index contributed by atoms with van der Waals surface area (Å²) in [7, 11) is -5.43. The van der Waals surface area contributed by atoms with Crippen molar-refractivity contribution in [3.63, 3.8) is 0 Å². The minimum Gasteiger partial charge on any atom is -0.270 e. The van der Waals surface area contributed by atoms with Crippen LogP contribution in [0.15, 0.2) is 23.0 Å². The van der Waals surface area contributed by atoms with E-state index < -0.39 is 20.2 Å². The molecule has 0 rings (SSSR count). The summed E-state index contributed by atoms with van der Waals surface area (Å²) in [6, 6.07) is 0. The molecule has 0 amide bonds. The molecule has 0 atom stereocenters. The highest BCUT2D eigenvalue weighted by Gasteiger charge is 2.01. The van der Waals surface area contributed by atoms with Crippen molar-refractivity contribution in [2.75, 3.05) is 14.2 Å². The first-order chi connectivity index (χ1) is 6.33. The van der Waals surface area contributed by atoms with Gasteiger partial charge in [0, 0.05) is 0 Å². The summed E-state index contributed by atoms with van der Waals surface area (Å²) >= 11 is 0. The molecule has 0 spiro atoms. The average Bonchev–Trinajstić information content (AvgIpc) is 2.13. The van der Waals surface area contributed by atoms with Gasteiger partial charge in [0.05, 0.1) is 25.0 Å². The Balaban J connectivity index is 4.49. The molecule has 82 valence electrons. The smallest absolute Gasteiger partial charge is 0.270 e. The van der Waals surface area contributed by atoms with E-state index in [1.165, 1.54) is 0 Å². The van der Waals surface area contributed by atoms with Gasteiger partial charge in [0.15, 0.2) is 0 Å². The zero-order chi connectivity index (χ0) is 11.2. The molecule has 0 saturated carbocycles. The molecule has 0 aromatic carbocycles. The van der Waals surface area contributed by atoms with Gasteiger partial charge in [-0.25, -0.2) is 0 Å². The highest BCUT2D eigenvalue weighted by molar-refractivity contribution is 7.90. The maximum Gasteiger partial charge on any atom is 0.289 e. The normalized spacial score (nSPS) is 14.1. The van der Waals surface area contributed by atoms with Gasteiger partial charge in [0.2, 0.25) is 0 Å². The van der Waals surface area contributed by atoms with Crippen LogP contribution in [0.4, 0.5) is 0 Å². The van der Waals surface area contributed by atoms with Crippen molar-refractivity contribution in [1.82, 2.24) is 0 Å². The van der Waals surface area contributed by atoms with Crippen LogP contribution in [-0.2, 0) is 28.6 Å². The summed E-state index contributed by atoms with van der Waals surface area (Å²) in [6.45, 7) is 0. The van der Waals surface area contributed by atoms with E-state index in [1.54, 1.807) is 0 Å². The SMILES string of the molecule is COS(=O)(=O)C=CC=CS(=O)(=O)OC. The van der Waals surface area contributed by atoms with Crippen LogP contribution in [0.1, 0.15) is 0 Å². The van der Waals surface area contributed by atoms with Crippen LogP contribution in [0.3, 0.4) is 0 Å². The summed E-state index contributed by atoms with van der Waals surface area (Å²) in [5.74, 6) is 0. The molecule has 0 aliphatic heterocycles. The maximum atomic E-state index is 10.7. The molecule has 0 unspecified atom stereocenters. The lowest BCUT2D eigenvalue weighted by Gasteiger charge is -1.91. The second-order valence-corrected chi connectivity index (χ2v) is 5.16. The van der Waals surface area contributed by atoms with Crippen LogP contribution < -0.4 is 0 Å². The summed E-state index contributed by atoms with van der Waals surface area (Å²) in [5, 5.41) is 1.43. The molecule has 0 aromatic rings. The molecule has 8 heteroatoms. The molecule has 0 bridgehead atoms. The van der Waals surface area contributed by atoms with Crippen LogP contribution in [0.25, 0.3) is 0 Å². The standard InChI is InChI=1S/C6H10O6S2/c1-11-13(7,8)5-3-4-6-14(9,10)12-2/h3-6H,1-2H3. The molecule has 0 N–H and O–H groups in total. The van der Waals surface area contributed by atoms with E-state index in [0.717, 1.165) is 26.4 Å². The predicted molar refractivity (Wildman–Crippen MR) is 50.1 cm³/mol. The van der Waals surface area contributed by atoms with Crippen molar-refractivity contribution in [3.05, 3.63) is 23.0 Å². The first-order valence-corrected chi connectivity index (χ1v) is 6.23. The van der Waals surface area contributed by atoms with E-state index in [0.29, 0.717) is 10.8 Å². The monoisotopic (exact) mass is 242 g/mol. The fraction of sp³-hybridized carbons (Fsp3) is 0.333. The second-order valence-electron chi connectivity index (χ2n) is 1.98. The van der Waals surface area contributed by atoms with Crippen molar-refractivity contribution >= 4 is 20.2 Å². The third-order valence-electron chi connectivity index (χ3n) is 1.07. The van der Waals surface area contributed by atoms with E-state index in [1.807, 2.05) is 0 Å². The third kappa shape index (κ3) is 5.86. The van der Waals surface area contributed by atoms with Gasteiger partial charge in [-0.3, -0.25) is 8.37 Å². The van der Waals surface area contributed by atoms with E-state index in [-0.39, 0.29) is 0 Å². The lowest BCUT2D eigenvalue weighted by molar-refractivity contribution is 0.405. The lowest BCUT2D eigenvalue weighted by Crippen LogP contribution is -1.96. The Morgan fingerprint density at radius 2 is 1.07 bits per heavy atom. The first-order valence-electron chi connectivity index (χ1n) is 3.29. The van der Waals surface area contributed by atoms with Crippen molar-refractivity contribution in [2.24, 2.45) is 0 Å². The Morgan fingerprint density at radius 3 is 1.29 bits per heavy atom. The quantitative estimate of drug-likeness (QED) is 0.497. The summed E-state index contributed by atoms with van der Waals surface area (Å²) < 4.78 is 50.8. The summed E-state index contributed by atoms with van der Waals surface area (Å²) in [6.07, 6.45) is 2.02. The summed E-state index contributed by atoms with van der Waals surface area (Å²) in [4.78, 5) is 0. The second kappa shape index (κ2) is 5.25. The Labute approximate surface area is 83.1 Å². The minimum absolute atomic E-state index is 0.717. The Hall–Kier alpha value is -0.700. The molecule has 0 aliphatic carbocycles. The van der Waals surface area contributed by atoms with Crippen LogP contribution in [-0.4, -0.2) is 31.1 Å². The molecule has 0 aliphatic rings. The van der Waals surface area contributed by atoms with Crippen molar-refractivity contribution in [2.45, 2.75) is 0 Å². The zero-order valence-electron chi connectivity index (χ0n) is 7.58. The Kier molecular flexibility index (Phi) is 4.99. The summed E-state index contributed by atoms with van der Waals surface area (Å²) in [5.41, 5.74) is 0. The van der Waals surface area contributed by atoms with Crippen molar-refractivity contribution < 1.29 is 25.2 Å². The third-order valence-corrected chi connectivity index (χ3v) is 2.98. The molecular weight excluding hydrogens is 232 g/mol.